The number of anilines is 6. The summed E-state index contributed by atoms with van der Waals surface area (Å²) in [7, 11) is 0. The van der Waals surface area contributed by atoms with E-state index in [0.29, 0.717) is 5.92 Å². The van der Waals surface area contributed by atoms with Crippen molar-refractivity contribution < 1.29 is 8.83 Å². The molecule has 4 heterocycles. The normalized spacial score (nSPS) is 15.9. The number of fused-ring (bicyclic) bond motifs is 8. The lowest BCUT2D eigenvalue weighted by Gasteiger charge is -2.41. The first-order chi connectivity index (χ1) is 25.6. The van der Waals surface area contributed by atoms with Gasteiger partial charge >= 0.3 is 6.71 Å². The summed E-state index contributed by atoms with van der Waals surface area (Å²) in [6.45, 7) is 13.5. The maximum Gasteiger partial charge on any atom is 0.342 e. The summed E-state index contributed by atoms with van der Waals surface area (Å²) in [6, 6.07) is 40.6. The van der Waals surface area contributed by atoms with Gasteiger partial charge in [0.2, 0.25) is 0 Å². The van der Waals surface area contributed by atoms with Crippen LogP contribution in [0, 0.1) is 0 Å². The molecule has 0 N–H and O–H groups in total. The Labute approximate surface area is 313 Å². The number of para-hydroxylation sites is 2. The van der Waals surface area contributed by atoms with Gasteiger partial charge in [0.05, 0.1) is 11.4 Å². The van der Waals surface area contributed by atoms with Gasteiger partial charge in [-0.2, -0.15) is 0 Å². The Balaban J connectivity index is 1.31. The van der Waals surface area contributed by atoms with E-state index in [1.807, 2.05) is 0 Å². The fourth-order valence-electron chi connectivity index (χ4n) is 9.32. The van der Waals surface area contributed by atoms with E-state index in [-0.39, 0.29) is 17.5 Å². The minimum absolute atomic E-state index is 0.0554. The molecule has 5 aromatic carbocycles. The summed E-state index contributed by atoms with van der Waals surface area (Å²) in [5, 5.41) is 2.24. The van der Waals surface area contributed by atoms with Gasteiger partial charge in [-0.15, -0.1) is 0 Å². The van der Waals surface area contributed by atoms with Gasteiger partial charge < -0.3 is 18.6 Å². The van der Waals surface area contributed by atoms with Crippen LogP contribution in [-0.4, -0.2) is 6.71 Å². The average Bonchev–Trinajstić information content (AvgIpc) is 3.74. The SMILES string of the molecule is CC(C)(C)c1ccc(N2c3cc(C4CCCCC4)cc4c3B(c3oc5ccccc5c32)c2oc3ccccc3c2N4c2ccc(C(C)(C)C)cc2)cc1. The van der Waals surface area contributed by atoms with Gasteiger partial charge in [-0.25, -0.2) is 0 Å². The molecule has 0 saturated heterocycles. The predicted molar refractivity (Wildman–Crippen MR) is 223 cm³/mol. The molecule has 0 amide bonds. The first kappa shape index (κ1) is 32.5. The highest BCUT2D eigenvalue weighted by Gasteiger charge is 2.50. The van der Waals surface area contributed by atoms with E-state index < -0.39 is 0 Å². The maximum absolute atomic E-state index is 7.04. The Bertz CT molecular complexity index is 2360. The molecule has 10 rings (SSSR count). The molecule has 1 fully saturated rings. The molecule has 0 radical (unpaired) electrons. The lowest BCUT2D eigenvalue weighted by molar-refractivity contribution is 0.444. The monoisotopic (exact) mass is 694 g/mol. The van der Waals surface area contributed by atoms with E-state index in [2.05, 4.69) is 161 Å². The van der Waals surface area contributed by atoms with Gasteiger partial charge in [0.25, 0.3) is 0 Å². The number of hydrogen-bond acceptors (Lipinski definition) is 4. The molecular weight excluding hydrogens is 647 g/mol. The molecule has 3 aliphatic rings. The summed E-state index contributed by atoms with van der Waals surface area (Å²) >= 11 is 0. The smallest absolute Gasteiger partial charge is 0.342 e. The first-order valence-electron chi connectivity index (χ1n) is 19.6. The highest BCUT2D eigenvalue weighted by molar-refractivity contribution is 6.99. The third-order valence-electron chi connectivity index (χ3n) is 12.2. The molecular formula is C48H47BN2O2. The number of rotatable bonds is 3. The van der Waals surface area contributed by atoms with Crippen molar-refractivity contribution in [3.05, 3.63) is 126 Å². The molecule has 53 heavy (non-hydrogen) atoms. The van der Waals surface area contributed by atoms with Crippen LogP contribution in [0.5, 0.6) is 0 Å². The molecule has 0 atom stereocenters. The average molecular weight is 695 g/mol. The Morgan fingerprint density at radius 3 is 1.42 bits per heavy atom. The summed E-state index contributed by atoms with van der Waals surface area (Å²) in [6.07, 6.45) is 6.33. The quantitative estimate of drug-likeness (QED) is 0.172. The van der Waals surface area contributed by atoms with Gasteiger partial charge in [0.15, 0.2) is 0 Å². The Morgan fingerprint density at radius 2 is 0.981 bits per heavy atom. The van der Waals surface area contributed by atoms with Crippen LogP contribution in [0.4, 0.5) is 34.1 Å². The Hall–Kier alpha value is -5.16. The Morgan fingerprint density at radius 1 is 0.547 bits per heavy atom. The van der Waals surface area contributed by atoms with Crippen LogP contribution in [0.3, 0.4) is 0 Å². The number of hydrogen-bond donors (Lipinski definition) is 0. The van der Waals surface area contributed by atoms with E-state index in [1.165, 1.54) is 65.6 Å². The summed E-state index contributed by atoms with van der Waals surface area (Å²) in [4.78, 5) is 5.01. The maximum atomic E-state index is 7.04. The van der Waals surface area contributed by atoms with Crippen molar-refractivity contribution in [2.45, 2.75) is 90.4 Å². The standard InChI is InChI=1S/C48H47BN2O2/c1-47(2,3)32-20-24-34(25-21-32)50-38-28-31(30-14-8-7-9-15-30)29-39-42(38)49(45-43(50)36-16-10-12-18-40(36)52-45)46-44(37-17-11-13-19-41(37)53-46)51(39)35-26-22-33(23-27-35)48(4,5)6/h10-13,16-30H,7-9,14-15H2,1-6H3. The second-order valence-corrected chi connectivity index (χ2v) is 17.6. The lowest BCUT2D eigenvalue weighted by atomic mass is 9.37. The van der Waals surface area contributed by atoms with Crippen molar-refractivity contribution in [2.75, 3.05) is 9.80 Å². The van der Waals surface area contributed by atoms with Crippen molar-refractivity contribution in [1.82, 2.24) is 0 Å². The van der Waals surface area contributed by atoms with Crippen molar-refractivity contribution in [3.63, 3.8) is 0 Å². The fourth-order valence-corrected chi connectivity index (χ4v) is 9.32. The summed E-state index contributed by atoms with van der Waals surface area (Å²) in [5.74, 6) is 0.518. The predicted octanol–water partition coefficient (Wildman–Crippen LogP) is 11.9. The van der Waals surface area contributed by atoms with Crippen molar-refractivity contribution in [3.8, 4) is 0 Å². The molecule has 0 unspecified atom stereocenters. The van der Waals surface area contributed by atoms with Crippen molar-refractivity contribution in [1.29, 1.82) is 0 Å². The fraction of sp³-hybridized carbons (Fsp3) is 0.292. The molecule has 5 heteroatoms. The van der Waals surface area contributed by atoms with Gasteiger partial charge in [-0.3, -0.25) is 0 Å². The van der Waals surface area contributed by atoms with Crippen LogP contribution < -0.4 is 26.6 Å². The van der Waals surface area contributed by atoms with E-state index in [0.717, 1.165) is 56.0 Å². The van der Waals surface area contributed by atoms with Crippen molar-refractivity contribution >= 4 is 79.6 Å². The summed E-state index contributed by atoms with van der Waals surface area (Å²) < 4.78 is 14.1. The second-order valence-electron chi connectivity index (χ2n) is 17.6. The van der Waals surface area contributed by atoms with Crippen LogP contribution in [0.25, 0.3) is 21.9 Å². The second kappa shape index (κ2) is 11.7. The van der Waals surface area contributed by atoms with Crippen LogP contribution in [-0.2, 0) is 10.8 Å². The molecule has 7 aromatic rings. The van der Waals surface area contributed by atoms with Crippen LogP contribution in [0.2, 0.25) is 0 Å². The van der Waals surface area contributed by atoms with E-state index in [4.69, 9.17) is 8.83 Å². The third kappa shape index (κ3) is 5.03. The zero-order valence-electron chi connectivity index (χ0n) is 31.8. The largest absolute Gasteiger partial charge is 0.468 e. The first-order valence-corrected chi connectivity index (χ1v) is 19.6. The summed E-state index contributed by atoms with van der Waals surface area (Å²) in [5.41, 5.74) is 16.0. The number of nitrogens with zero attached hydrogens (tertiary/aromatic N) is 2. The minimum atomic E-state index is -0.208. The lowest BCUT2D eigenvalue weighted by Crippen LogP contribution is -2.60. The molecule has 0 bridgehead atoms. The number of benzene rings is 5. The molecule has 4 nitrogen and oxygen atoms in total. The van der Waals surface area contributed by atoms with Crippen LogP contribution in [0.1, 0.15) is 96.3 Å². The third-order valence-corrected chi connectivity index (χ3v) is 12.2. The molecule has 2 aliphatic heterocycles. The highest BCUT2D eigenvalue weighted by atomic mass is 16.3. The molecule has 2 aromatic heterocycles. The zero-order valence-corrected chi connectivity index (χ0v) is 31.8. The van der Waals surface area contributed by atoms with E-state index in [9.17, 15) is 0 Å². The van der Waals surface area contributed by atoms with Crippen molar-refractivity contribution in [2.24, 2.45) is 0 Å². The van der Waals surface area contributed by atoms with Crippen LogP contribution >= 0.6 is 0 Å². The van der Waals surface area contributed by atoms with Gasteiger partial charge in [-0.1, -0.05) is 109 Å². The zero-order chi connectivity index (χ0) is 36.2. The van der Waals surface area contributed by atoms with Gasteiger partial charge in [0, 0.05) is 33.5 Å². The molecule has 1 aliphatic carbocycles. The van der Waals surface area contributed by atoms with Gasteiger partial charge in [-0.05, 0) is 112 Å². The van der Waals surface area contributed by atoms with E-state index in [1.54, 1.807) is 0 Å². The number of furan rings is 2. The molecule has 1 saturated carbocycles. The van der Waals surface area contributed by atoms with Gasteiger partial charge in [0.1, 0.15) is 22.5 Å². The minimum Gasteiger partial charge on any atom is -0.468 e. The molecule has 0 spiro atoms. The van der Waals surface area contributed by atoms with Crippen LogP contribution in [0.15, 0.2) is 118 Å². The topological polar surface area (TPSA) is 32.8 Å². The highest BCUT2D eigenvalue weighted by Crippen LogP contribution is 2.50. The van der Waals surface area contributed by atoms with E-state index >= 15 is 0 Å². The Kier molecular flexibility index (Phi) is 7.16. The molecule has 264 valence electrons.